The van der Waals surface area contributed by atoms with Crippen molar-refractivity contribution < 1.29 is 27.4 Å². The Morgan fingerprint density at radius 2 is 2.26 bits per heavy atom. The van der Waals surface area contributed by atoms with Gasteiger partial charge in [0.15, 0.2) is 0 Å². The van der Waals surface area contributed by atoms with Crippen LogP contribution in [-0.4, -0.2) is 44.2 Å². The zero-order valence-electron chi connectivity index (χ0n) is 10.0. The summed E-state index contributed by atoms with van der Waals surface area (Å²) in [5.74, 6) is -1.89. The van der Waals surface area contributed by atoms with E-state index in [0.717, 1.165) is 18.5 Å². The summed E-state index contributed by atoms with van der Waals surface area (Å²) in [6.45, 7) is -0.234. The van der Waals surface area contributed by atoms with Gasteiger partial charge in [0.1, 0.15) is 10.7 Å². The second-order valence-corrected chi connectivity index (χ2v) is 5.41. The first kappa shape index (κ1) is 15.5. The van der Waals surface area contributed by atoms with Crippen LogP contribution in [0.4, 0.5) is 4.39 Å². The zero-order chi connectivity index (χ0) is 14.5. The fourth-order valence-corrected chi connectivity index (χ4v) is 2.30. The van der Waals surface area contributed by atoms with Gasteiger partial charge in [0.05, 0.1) is 18.7 Å². The molecule has 19 heavy (non-hydrogen) atoms. The number of nitrogens with one attached hydrogen (secondary N) is 1. The Kier molecular flexibility index (Phi) is 5.33. The van der Waals surface area contributed by atoms with E-state index in [4.69, 9.17) is 9.84 Å². The van der Waals surface area contributed by atoms with Crippen molar-refractivity contribution in [1.82, 2.24) is 9.71 Å². The third-order valence-electron chi connectivity index (χ3n) is 2.23. The average molecular weight is 292 g/mol. The topological polar surface area (TPSA) is 106 Å². The second-order valence-electron chi connectivity index (χ2n) is 3.65. The van der Waals surface area contributed by atoms with E-state index < -0.39 is 27.9 Å². The van der Waals surface area contributed by atoms with E-state index in [2.05, 4.69) is 9.71 Å². The molecule has 1 unspecified atom stereocenters. The number of ether oxygens (including phenoxy) is 1. The third kappa shape index (κ3) is 4.89. The number of aromatic nitrogens is 1. The minimum atomic E-state index is -3.95. The van der Waals surface area contributed by atoms with Crippen LogP contribution in [0.5, 0.6) is 0 Å². The maximum Gasteiger partial charge on any atom is 0.306 e. The SMILES string of the molecule is COC(CNS(=O)(=O)c1cncc(F)c1)CC(=O)O. The van der Waals surface area contributed by atoms with Gasteiger partial charge in [-0.15, -0.1) is 0 Å². The fraction of sp³-hybridized carbons (Fsp3) is 0.400. The Balaban J connectivity index is 2.72. The van der Waals surface area contributed by atoms with E-state index in [1.807, 2.05) is 0 Å². The molecule has 0 amide bonds. The molecular formula is C10H13FN2O5S. The van der Waals surface area contributed by atoms with Crippen LogP contribution >= 0.6 is 0 Å². The number of carboxylic acid groups (broad SMARTS) is 1. The standard InChI is InChI=1S/C10H13FN2O5S/c1-18-8(3-10(14)15)5-13-19(16,17)9-2-7(11)4-12-6-9/h2,4,6,8,13H,3,5H2,1H3,(H,14,15). The molecule has 106 valence electrons. The van der Waals surface area contributed by atoms with Gasteiger partial charge in [0, 0.05) is 19.9 Å². The zero-order valence-corrected chi connectivity index (χ0v) is 10.9. The summed E-state index contributed by atoms with van der Waals surface area (Å²) in [6, 6.07) is 0.814. The molecule has 7 nitrogen and oxygen atoms in total. The summed E-state index contributed by atoms with van der Waals surface area (Å²) in [5.41, 5.74) is 0. The quantitative estimate of drug-likeness (QED) is 0.732. The van der Waals surface area contributed by atoms with E-state index in [0.29, 0.717) is 0 Å². The summed E-state index contributed by atoms with van der Waals surface area (Å²) < 4.78 is 43.4. The number of halogens is 1. The second kappa shape index (κ2) is 6.55. The Hall–Kier alpha value is -1.58. The highest BCUT2D eigenvalue weighted by Gasteiger charge is 2.19. The van der Waals surface area contributed by atoms with Crippen molar-refractivity contribution in [2.75, 3.05) is 13.7 Å². The largest absolute Gasteiger partial charge is 0.481 e. The molecule has 1 heterocycles. The molecule has 9 heteroatoms. The van der Waals surface area contributed by atoms with Gasteiger partial charge < -0.3 is 9.84 Å². The predicted molar refractivity (Wildman–Crippen MR) is 62.4 cm³/mol. The molecule has 0 saturated heterocycles. The molecule has 0 bridgehead atoms. The number of rotatable bonds is 7. The maximum absolute atomic E-state index is 12.9. The molecule has 0 spiro atoms. The van der Waals surface area contributed by atoms with Gasteiger partial charge in [-0.05, 0) is 6.07 Å². The van der Waals surface area contributed by atoms with Crippen molar-refractivity contribution >= 4 is 16.0 Å². The number of pyridine rings is 1. The van der Waals surface area contributed by atoms with Crippen molar-refractivity contribution in [3.05, 3.63) is 24.3 Å². The number of methoxy groups -OCH3 is 1. The van der Waals surface area contributed by atoms with Crippen molar-refractivity contribution in [3.63, 3.8) is 0 Å². The van der Waals surface area contributed by atoms with Gasteiger partial charge in [-0.2, -0.15) is 0 Å². The van der Waals surface area contributed by atoms with Crippen LogP contribution in [0.15, 0.2) is 23.4 Å². The number of carboxylic acids is 1. The van der Waals surface area contributed by atoms with Gasteiger partial charge in [-0.25, -0.2) is 17.5 Å². The molecule has 0 radical (unpaired) electrons. The molecule has 1 atom stereocenters. The van der Waals surface area contributed by atoms with Crippen molar-refractivity contribution in [2.45, 2.75) is 17.4 Å². The van der Waals surface area contributed by atoms with Crippen molar-refractivity contribution in [3.8, 4) is 0 Å². The average Bonchev–Trinajstić information content (AvgIpc) is 2.34. The molecule has 0 saturated carbocycles. The van der Waals surface area contributed by atoms with Crippen LogP contribution < -0.4 is 4.72 Å². The lowest BCUT2D eigenvalue weighted by atomic mass is 10.2. The van der Waals surface area contributed by atoms with Crippen LogP contribution in [0.1, 0.15) is 6.42 Å². The summed E-state index contributed by atoms with van der Waals surface area (Å²) in [6.07, 6.45) is 0.709. The summed E-state index contributed by atoms with van der Waals surface area (Å²) in [5, 5.41) is 8.58. The number of aliphatic carboxylic acids is 1. The lowest BCUT2D eigenvalue weighted by Crippen LogP contribution is -2.34. The Bertz CT molecular complexity index is 549. The minimum absolute atomic E-state index is 0.234. The predicted octanol–water partition coefficient (Wildman–Crippen LogP) is -0.0113. The van der Waals surface area contributed by atoms with Gasteiger partial charge in [0.2, 0.25) is 10.0 Å². The first-order chi connectivity index (χ1) is 8.85. The normalized spacial score (nSPS) is 13.2. The molecule has 1 aromatic rings. The summed E-state index contributed by atoms with van der Waals surface area (Å²) in [7, 11) is -2.68. The Labute approximate surface area is 109 Å². The number of hydrogen-bond donors (Lipinski definition) is 2. The van der Waals surface area contributed by atoms with Crippen LogP contribution in [0, 0.1) is 5.82 Å². The Morgan fingerprint density at radius 3 is 2.79 bits per heavy atom. The first-order valence-corrected chi connectivity index (χ1v) is 6.68. The van der Waals surface area contributed by atoms with E-state index in [9.17, 15) is 17.6 Å². The minimum Gasteiger partial charge on any atom is -0.481 e. The van der Waals surface area contributed by atoms with Gasteiger partial charge in [-0.3, -0.25) is 9.78 Å². The molecule has 1 aromatic heterocycles. The van der Waals surface area contributed by atoms with E-state index in [1.54, 1.807) is 0 Å². The van der Waals surface area contributed by atoms with Gasteiger partial charge >= 0.3 is 5.97 Å². The lowest BCUT2D eigenvalue weighted by Gasteiger charge is -2.14. The summed E-state index contributed by atoms with van der Waals surface area (Å²) >= 11 is 0. The highest BCUT2D eigenvalue weighted by molar-refractivity contribution is 7.89. The molecule has 1 rings (SSSR count). The Morgan fingerprint density at radius 1 is 1.58 bits per heavy atom. The summed E-state index contributed by atoms with van der Waals surface area (Å²) in [4.78, 5) is 13.6. The number of nitrogens with zero attached hydrogens (tertiary/aromatic N) is 1. The third-order valence-corrected chi connectivity index (χ3v) is 3.62. The van der Waals surface area contributed by atoms with E-state index in [-0.39, 0.29) is 17.9 Å². The number of carbonyl (C=O) groups is 1. The number of hydrogen-bond acceptors (Lipinski definition) is 5. The maximum atomic E-state index is 12.9. The van der Waals surface area contributed by atoms with Crippen LogP contribution in [0.3, 0.4) is 0 Å². The smallest absolute Gasteiger partial charge is 0.306 e. The molecule has 0 aliphatic rings. The van der Waals surface area contributed by atoms with Crippen molar-refractivity contribution in [2.24, 2.45) is 0 Å². The van der Waals surface area contributed by atoms with Gasteiger partial charge in [0.25, 0.3) is 0 Å². The molecule has 2 N–H and O–H groups in total. The highest BCUT2D eigenvalue weighted by Crippen LogP contribution is 2.08. The van der Waals surface area contributed by atoms with Crippen LogP contribution in [-0.2, 0) is 19.6 Å². The van der Waals surface area contributed by atoms with Crippen LogP contribution in [0.2, 0.25) is 0 Å². The highest BCUT2D eigenvalue weighted by atomic mass is 32.2. The monoisotopic (exact) mass is 292 g/mol. The fourth-order valence-electron chi connectivity index (χ4n) is 1.26. The molecular weight excluding hydrogens is 279 g/mol. The van der Waals surface area contributed by atoms with Gasteiger partial charge in [-0.1, -0.05) is 0 Å². The molecule has 0 aliphatic heterocycles. The van der Waals surface area contributed by atoms with Crippen LogP contribution in [0.25, 0.3) is 0 Å². The number of sulfonamides is 1. The van der Waals surface area contributed by atoms with E-state index >= 15 is 0 Å². The molecule has 0 aromatic carbocycles. The first-order valence-electron chi connectivity index (χ1n) is 5.20. The van der Waals surface area contributed by atoms with E-state index in [1.165, 1.54) is 7.11 Å². The molecule has 0 fully saturated rings. The molecule has 0 aliphatic carbocycles. The van der Waals surface area contributed by atoms with Crippen molar-refractivity contribution in [1.29, 1.82) is 0 Å². The lowest BCUT2D eigenvalue weighted by molar-refractivity contribution is -0.139.